The molecule has 1 heterocycles. The first-order valence-corrected chi connectivity index (χ1v) is 9.94. The van der Waals surface area contributed by atoms with Gasteiger partial charge in [0.25, 0.3) is 0 Å². The second kappa shape index (κ2) is 10.8. The molecule has 1 N–H and O–H groups in total. The van der Waals surface area contributed by atoms with E-state index in [0.29, 0.717) is 26.2 Å². The summed E-state index contributed by atoms with van der Waals surface area (Å²) in [7, 11) is 1.31. The number of amides is 2. The standard InChI is InChI=1S/C21H31N3O6/c1-21(2,3)30-20(27)24-13-12-23(17(14-24)18(25)28-4)11-10-22-19(26)29-15-16-8-6-5-7-9-16/h5-9,17H,10-15H2,1-4H3,(H,22,26). The highest BCUT2D eigenvalue weighted by Crippen LogP contribution is 2.15. The Bertz CT molecular complexity index is 719. The summed E-state index contributed by atoms with van der Waals surface area (Å²) in [5, 5.41) is 2.68. The van der Waals surface area contributed by atoms with Gasteiger partial charge in [-0.25, -0.2) is 9.59 Å². The van der Waals surface area contributed by atoms with Crippen LogP contribution in [0, 0.1) is 0 Å². The van der Waals surface area contributed by atoms with Crippen LogP contribution in [0.2, 0.25) is 0 Å². The molecular weight excluding hydrogens is 390 g/mol. The number of nitrogens with one attached hydrogen (secondary N) is 1. The van der Waals surface area contributed by atoms with Crippen LogP contribution in [0.5, 0.6) is 0 Å². The highest BCUT2D eigenvalue weighted by Gasteiger charge is 2.36. The van der Waals surface area contributed by atoms with Gasteiger partial charge in [-0.1, -0.05) is 30.3 Å². The lowest BCUT2D eigenvalue weighted by atomic mass is 10.1. The number of hydrogen-bond acceptors (Lipinski definition) is 7. The molecule has 1 atom stereocenters. The Morgan fingerprint density at radius 3 is 2.47 bits per heavy atom. The summed E-state index contributed by atoms with van der Waals surface area (Å²) in [5.41, 5.74) is 0.288. The number of hydrogen-bond donors (Lipinski definition) is 1. The van der Waals surface area contributed by atoms with Crippen molar-refractivity contribution in [2.75, 3.05) is 39.8 Å². The molecule has 1 saturated heterocycles. The second-order valence-electron chi connectivity index (χ2n) is 7.99. The summed E-state index contributed by atoms with van der Waals surface area (Å²) in [5.74, 6) is -0.435. The largest absolute Gasteiger partial charge is 0.468 e. The first kappa shape index (κ1) is 23.5. The molecule has 0 aliphatic carbocycles. The molecule has 1 aromatic carbocycles. The lowest BCUT2D eigenvalue weighted by Gasteiger charge is -2.40. The van der Waals surface area contributed by atoms with Crippen molar-refractivity contribution in [3.63, 3.8) is 0 Å². The van der Waals surface area contributed by atoms with Crippen molar-refractivity contribution in [2.24, 2.45) is 0 Å². The number of piperazine rings is 1. The third kappa shape index (κ3) is 7.55. The molecule has 166 valence electrons. The van der Waals surface area contributed by atoms with Gasteiger partial charge in [0.2, 0.25) is 0 Å². The normalized spacial score (nSPS) is 17.2. The Hall–Kier alpha value is -2.81. The van der Waals surface area contributed by atoms with Crippen LogP contribution in [0.15, 0.2) is 30.3 Å². The number of carbonyl (C=O) groups is 3. The van der Waals surface area contributed by atoms with Gasteiger partial charge in [0, 0.05) is 26.2 Å². The first-order chi connectivity index (χ1) is 14.2. The van der Waals surface area contributed by atoms with E-state index in [2.05, 4.69) is 5.32 Å². The molecule has 0 saturated carbocycles. The molecule has 30 heavy (non-hydrogen) atoms. The number of carbonyl (C=O) groups excluding carboxylic acids is 3. The lowest BCUT2D eigenvalue weighted by molar-refractivity contribution is -0.149. The van der Waals surface area contributed by atoms with Gasteiger partial charge < -0.3 is 24.4 Å². The fourth-order valence-electron chi connectivity index (χ4n) is 3.02. The third-order valence-electron chi connectivity index (χ3n) is 4.50. The molecule has 1 fully saturated rings. The second-order valence-corrected chi connectivity index (χ2v) is 7.99. The minimum Gasteiger partial charge on any atom is -0.468 e. The quantitative estimate of drug-likeness (QED) is 0.554. The molecule has 0 radical (unpaired) electrons. The van der Waals surface area contributed by atoms with Crippen LogP contribution < -0.4 is 5.32 Å². The van der Waals surface area contributed by atoms with Crippen LogP contribution in [0.25, 0.3) is 0 Å². The molecule has 1 unspecified atom stereocenters. The minimum atomic E-state index is -0.626. The number of esters is 1. The van der Waals surface area contributed by atoms with E-state index in [1.54, 1.807) is 20.8 Å². The van der Waals surface area contributed by atoms with Gasteiger partial charge in [-0.3, -0.25) is 9.69 Å². The van der Waals surface area contributed by atoms with E-state index in [1.807, 2.05) is 35.2 Å². The summed E-state index contributed by atoms with van der Waals surface area (Å²) in [6, 6.07) is 8.76. The van der Waals surface area contributed by atoms with Crippen molar-refractivity contribution in [3.8, 4) is 0 Å². The zero-order chi connectivity index (χ0) is 22.1. The van der Waals surface area contributed by atoms with Crippen molar-refractivity contribution in [1.82, 2.24) is 15.1 Å². The zero-order valence-electron chi connectivity index (χ0n) is 18.1. The van der Waals surface area contributed by atoms with Gasteiger partial charge in [0.05, 0.1) is 13.7 Å². The number of rotatable bonds is 6. The minimum absolute atomic E-state index is 0.167. The van der Waals surface area contributed by atoms with E-state index in [1.165, 1.54) is 12.0 Å². The lowest BCUT2D eigenvalue weighted by Crippen LogP contribution is -2.59. The maximum Gasteiger partial charge on any atom is 0.410 e. The molecule has 0 bridgehead atoms. The molecule has 9 heteroatoms. The van der Waals surface area contributed by atoms with Gasteiger partial charge in [-0.2, -0.15) is 0 Å². The van der Waals surface area contributed by atoms with Crippen molar-refractivity contribution >= 4 is 18.2 Å². The highest BCUT2D eigenvalue weighted by molar-refractivity contribution is 5.77. The molecule has 2 amide bonds. The number of alkyl carbamates (subject to hydrolysis) is 1. The Labute approximate surface area is 177 Å². The fourth-order valence-corrected chi connectivity index (χ4v) is 3.02. The van der Waals surface area contributed by atoms with E-state index in [0.717, 1.165) is 5.56 Å². The summed E-state index contributed by atoms with van der Waals surface area (Å²) < 4.78 is 15.5. The van der Waals surface area contributed by atoms with E-state index in [4.69, 9.17) is 14.2 Å². The highest BCUT2D eigenvalue weighted by atomic mass is 16.6. The predicted octanol–water partition coefficient (Wildman–Crippen LogP) is 2.01. The number of methoxy groups -OCH3 is 1. The average Bonchev–Trinajstić information content (AvgIpc) is 2.71. The Balaban J connectivity index is 1.82. The SMILES string of the molecule is COC(=O)C1CN(C(=O)OC(C)(C)C)CCN1CCNC(=O)OCc1ccccc1. The predicted molar refractivity (Wildman–Crippen MR) is 110 cm³/mol. The molecule has 9 nitrogen and oxygen atoms in total. The fraction of sp³-hybridized carbons (Fsp3) is 0.571. The van der Waals surface area contributed by atoms with Gasteiger partial charge in [0.1, 0.15) is 18.2 Å². The Kier molecular flexibility index (Phi) is 8.46. The van der Waals surface area contributed by atoms with E-state index in [-0.39, 0.29) is 13.2 Å². The Morgan fingerprint density at radius 1 is 1.13 bits per heavy atom. The average molecular weight is 421 g/mol. The van der Waals surface area contributed by atoms with Gasteiger partial charge in [-0.05, 0) is 26.3 Å². The third-order valence-corrected chi connectivity index (χ3v) is 4.50. The maximum atomic E-state index is 12.3. The topological polar surface area (TPSA) is 97.4 Å². The van der Waals surface area contributed by atoms with Gasteiger partial charge in [-0.15, -0.1) is 0 Å². The van der Waals surface area contributed by atoms with Crippen LogP contribution in [0.1, 0.15) is 26.3 Å². The van der Waals surface area contributed by atoms with E-state index < -0.39 is 29.8 Å². The summed E-state index contributed by atoms with van der Waals surface area (Å²) >= 11 is 0. The molecule has 1 aliphatic rings. The van der Waals surface area contributed by atoms with E-state index in [9.17, 15) is 14.4 Å². The summed E-state index contributed by atoms with van der Waals surface area (Å²) in [4.78, 5) is 39.8. The van der Waals surface area contributed by atoms with Crippen molar-refractivity contribution in [1.29, 1.82) is 0 Å². The summed E-state index contributed by atoms with van der Waals surface area (Å²) in [6.45, 7) is 7.33. The Morgan fingerprint density at radius 2 is 1.83 bits per heavy atom. The van der Waals surface area contributed by atoms with Crippen LogP contribution in [0.4, 0.5) is 9.59 Å². The molecule has 1 aliphatic heterocycles. The summed E-state index contributed by atoms with van der Waals surface area (Å²) in [6.07, 6.45) is -0.987. The number of ether oxygens (including phenoxy) is 3. The zero-order valence-corrected chi connectivity index (χ0v) is 18.1. The van der Waals surface area contributed by atoms with Crippen molar-refractivity contribution in [2.45, 2.75) is 39.0 Å². The van der Waals surface area contributed by atoms with Crippen molar-refractivity contribution in [3.05, 3.63) is 35.9 Å². The first-order valence-electron chi connectivity index (χ1n) is 9.94. The van der Waals surface area contributed by atoms with Crippen LogP contribution in [-0.4, -0.2) is 79.4 Å². The van der Waals surface area contributed by atoms with Gasteiger partial charge in [0.15, 0.2) is 0 Å². The molecule has 0 spiro atoms. The molecule has 0 aromatic heterocycles. The van der Waals surface area contributed by atoms with Gasteiger partial charge >= 0.3 is 18.2 Å². The molecule has 2 rings (SSSR count). The smallest absolute Gasteiger partial charge is 0.410 e. The molecular formula is C21H31N3O6. The number of nitrogens with zero attached hydrogens (tertiary/aromatic N) is 2. The maximum absolute atomic E-state index is 12.3. The van der Waals surface area contributed by atoms with Crippen LogP contribution >= 0.6 is 0 Å². The van der Waals surface area contributed by atoms with Crippen LogP contribution in [-0.2, 0) is 25.6 Å². The molecule has 1 aromatic rings. The van der Waals surface area contributed by atoms with E-state index >= 15 is 0 Å². The van der Waals surface area contributed by atoms with Crippen molar-refractivity contribution < 1.29 is 28.6 Å². The monoisotopic (exact) mass is 421 g/mol. The van der Waals surface area contributed by atoms with Crippen LogP contribution in [0.3, 0.4) is 0 Å². The number of benzene rings is 1.